The Kier molecular flexibility index (Phi) is 4.45. The summed E-state index contributed by atoms with van der Waals surface area (Å²) in [5.41, 5.74) is 0.621. The van der Waals surface area contributed by atoms with Crippen LogP contribution in [0.4, 0.5) is 4.39 Å². The molecule has 0 N–H and O–H groups in total. The van der Waals surface area contributed by atoms with Crippen molar-refractivity contribution in [3.63, 3.8) is 0 Å². The van der Waals surface area contributed by atoms with Crippen molar-refractivity contribution in [2.75, 3.05) is 13.2 Å². The molecule has 1 aromatic carbocycles. The molecule has 0 aromatic heterocycles. The molecule has 0 bridgehead atoms. The molecule has 0 aliphatic carbocycles. The summed E-state index contributed by atoms with van der Waals surface area (Å²) in [4.78, 5) is 13.4. The monoisotopic (exact) mass is 251 g/mol. The summed E-state index contributed by atoms with van der Waals surface area (Å²) in [6.45, 7) is 1.44. The lowest BCUT2D eigenvalue weighted by Crippen LogP contribution is -2.26. The number of hydrogen-bond acceptors (Lipinski definition) is 4. The lowest BCUT2D eigenvalue weighted by molar-refractivity contribution is 0.0240. The second kappa shape index (κ2) is 6.28. The van der Waals surface area contributed by atoms with Gasteiger partial charge in [-0.15, -0.1) is 0 Å². The zero-order chi connectivity index (χ0) is 12.8. The van der Waals surface area contributed by atoms with Crippen molar-refractivity contribution >= 4 is 6.08 Å². The number of carbonyl (C=O) groups excluding carboxylic acids is 1. The molecule has 2 rings (SSSR count). The third-order valence-corrected chi connectivity index (χ3v) is 2.78. The minimum atomic E-state index is -0.430. The summed E-state index contributed by atoms with van der Waals surface area (Å²) in [6, 6.07) is 4.59. The number of ether oxygens (including phenoxy) is 2. The van der Waals surface area contributed by atoms with Gasteiger partial charge in [-0.05, 0) is 17.7 Å². The van der Waals surface area contributed by atoms with Gasteiger partial charge in [0.25, 0.3) is 0 Å². The highest BCUT2D eigenvalue weighted by atomic mass is 19.1. The molecule has 1 heterocycles. The number of hydrogen-bond donors (Lipinski definition) is 0. The van der Waals surface area contributed by atoms with Crippen molar-refractivity contribution < 1.29 is 18.7 Å². The van der Waals surface area contributed by atoms with E-state index in [1.807, 2.05) is 0 Å². The molecule has 1 saturated heterocycles. The van der Waals surface area contributed by atoms with Crippen LogP contribution in [0.5, 0.6) is 5.75 Å². The van der Waals surface area contributed by atoms with Crippen LogP contribution < -0.4 is 4.74 Å². The maximum atomic E-state index is 13.7. The molecular weight excluding hydrogens is 237 g/mol. The molecule has 0 spiro atoms. The van der Waals surface area contributed by atoms with Crippen LogP contribution in [0.2, 0.25) is 0 Å². The zero-order valence-corrected chi connectivity index (χ0v) is 9.89. The fraction of sp³-hybridized carbons (Fsp3) is 0.462. The maximum absolute atomic E-state index is 13.7. The minimum Gasteiger partial charge on any atom is -0.487 e. The molecule has 1 aromatic rings. The predicted molar refractivity (Wildman–Crippen MR) is 62.7 cm³/mol. The highest BCUT2D eigenvalue weighted by Crippen LogP contribution is 2.22. The van der Waals surface area contributed by atoms with E-state index >= 15 is 0 Å². The Labute approximate surface area is 104 Å². The van der Waals surface area contributed by atoms with Crippen LogP contribution in [-0.2, 0) is 16.1 Å². The molecule has 4 nitrogen and oxygen atoms in total. The maximum Gasteiger partial charge on any atom is 0.235 e. The number of aliphatic imine (C=N–C) groups is 1. The molecule has 0 radical (unpaired) electrons. The number of nitrogens with zero attached hydrogens (tertiary/aromatic N) is 1. The van der Waals surface area contributed by atoms with E-state index < -0.39 is 5.82 Å². The molecule has 0 saturated carbocycles. The zero-order valence-electron chi connectivity index (χ0n) is 9.89. The first-order valence-electron chi connectivity index (χ1n) is 5.86. The van der Waals surface area contributed by atoms with E-state index in [-0.39, 0.29) is 18.4 Å². The number of isocyanates is 1. The van der Waals surface area contributed by atoms with E-state index in [2.05, 4.69) is 4.99 Å². The molecule has 5 heteroatoms. The van der Waals surface area contributed by atoms with Gasteiger partial charge in [0, 0.05) is 12.8 Å². The van der Waals surface area contributed by atoms with Crippen molar-refractivity contribution in [2.45, 2.75) is 25.5 Å². The number of halogens is 1. The molecule has 18 heavy (non-hydrogen) atoms. The highest BCUT2D eigenvalue weighted by molar-refractivity contribution is 5.35. The Bertz CT molecular complexity index is 452. The van der Waals surface area contributed by atoms with Crippen molar-refractivity contribution in [1.29, 1.82) is 0 Å². The van der Waals surface area contributed by atoms with Crippen LogP contribution in [0.15, 0.2) is 23.2 Å². The van der Waals surface area contributed by atoms with Gasteiger partial charge in [0.05, 0.1) is 19.8 Å². The van der Waals surface area contributed by atoms with Crippen molar-refractivity contribution in [3.05, 3.63) is 29.6 Å². The molecule has 0 unspecified atom stereocenters. The van der Waals surface area contributed by atoms with Crippen LogP contribution in [0.1, 0.15) is 18.4 Å². The summed E-state index contributed by atoms with van der Waals surface area (Å²) in [5, 5.41) is 0. The lowest BCUT2D eigenvalue weighted by Gasteiger charge is -2.23. The first kappa shape index (κ1) is 12.7. The second-order valence-corrected chi connectivity index (χ2v) is 4.10. The van der Waals surface area contributed by atoms with Crippen LogP contribution in [0, 0.1) is 5.82 Å². The molecule has 0 amide bonds. The van der Waals surface area contributed by atoms with Gasteiger partial charge in [-0.3, -0.25) is 0 Å². The molecule has 0 atom stereocenters. The van der Waals surface area contributed by atoms with Crippen LogP contribution in [-0.4, -0.2) is 25.4 Å². The van der Waals surface area contributed by atoms with E-state index in [0.29, 0.717) is 18.8 Å². The van der Waals surface area contributed by atoms with Gasteiger partial charge < -0.3 is 9.47 Å². The average Bonchev–Trinajstić information content (AvgIpc) is 2.40. The Hall–Kier alpha value is -1.71. The molecular formula is C13H14FNO3. The van der Waals surface area contributed by atoms with E-state index in [9.17, 15) is 9.18 Å². The average molecular weight is 251 g/mol. The molecule has 1 aliphatic rings. The SMILES string of the molecule is O=C=NCc1ccc(OC2CCOCC2)c(F)c1. The molecule has 1 fully saturated rings. The summed E-state index contributed by atoms with van der Waals surface area (Å²) in [6.07, 6.45) is 2.98. The second-order valence-electron chi connectivity index (χ2n) is 4.10. The summed E-state index contributed by atoms with van der Waals surface area (Å²) in [7, 11) is 0. The normalized spacial score (nSPS) is 16.1. The lowest BCUT2D eigenvalue weighted by atomic mass is 10.1. The van der Waals surface area contributed by atoms with Crippen LogP contribution in [0.25, 0.3) is 0 Å². The van der Waals surface area contributed by atoms with Crippen LogP contribution >= 0.6 is 0 Å². The van der Waals surface area contributed by atoms with Gasteiger partial charge in [0.15, 0.2) is 11.6 Å². The summed E-state index contributed by atoms with van der Waals surface area (Å²) < 4.78 is 24.5. The van der Waals surface area contributed by atoms with Gasteiger partial charge in [-0.25, -0.2) is 14.2 Å². The standard InChI is InChI=1S/C13H14FNO3/c14-12-7-10(8-15-9-16)1-2-13(12)18-11-3-5-17-6-4-11/h1-2,7,11H,3-6,8H2. The van der Waals surface area contributed by atoms with Crippen molar-refractivity contribution in [3.8, 4) is 5.75 Å². The topological polar surface area (TPSA) is 47.9 Å². The summed E-state index contributed by atoms with van der Waals surface area (Å²) >= 11 is 0. The van der Waals surface area contributed by atoms with Gasteiger partial charge in [-0.2, -0.15) is 0 Å². The van der Waals surface area contributed by atoms with E-state index in [4.69, 9.17) is 9.47 Å². The van der Waals surface area contributed by atoms with E-state index in [0.717, 1.165) is 12.8 Å². The van der Waals surface area contributed by atoms with E-state index in [1.165, 1.54) is 12.1 Å². The fourth-order valence-corrected chi connectivity index (χ4v) is 1.84. The van der Waals surface area contributed by atoms with Crippen molar-refractivity contribution in [2.24, 2.45) is 4.99 Å². The number of benzene rings is 1. The third kappa shape index (κ3) is 3.39. The fourth-order valence-electron chi connectivity index (χ4n) is 1.84. The van der Waals surface area contributed by atoms with Crippen LogP contribution in [0.3, 0.4) is 0 Å². The first-order valence-corrected chi connectivity index (χ1v) is 5.86. The van der Waals surface area contributed by atoms with Crippen molar-refractivity contribution in [1.82, 2.24) is 0 Å². The highest BCUT2D eigenvalue weighted by Gasteiger charge is 2.17. The Morgan fingerprint density at radius 3 is 2.89 bits per heavy atom. The molecule has 96 valence electrons. The Morgan fingerprint density at radius 2 is 2.22 bits per heavy atom. The van der Waals surface area contributed by atoms with Gasteiger partial charge in [0.1, 0.15) is 6.10 Å². The largest absolute Gasteiger partial charge is 0.487 e. The third-order valence-electron chi connectivity index (χ3n) is 2.78. The van der Waals surface area contributed by atoms with Gasteiger partial charge >= 0.3 is 0 Å². The minimum absolute atomic E-state index is 0.00657. The Balaban J connectivity index is 2.02. The Morgan fingerprint density at radius 1 is 1.44 bits per heavy atom. The van der Waals surface area contributed by atoms with E-state index in [1.54, 1.807) is 12.1 Å². The number of rotatable bonds is 4. The van der Waals surface area contributed by atoms with Gasteiger partial charge in [-0.1, -0.05) is 6.07 Å². The summed E-state index contributed by atoms with van der Waals surface area (Å²) in [5.74, 6) is -0.194. The molecule has 1 aliphatic heterocycles. The van der Waals surface area contributed by atoms with Gasteiger partial charge in [0.2, 0.25) is 6.08 Å². The first-order chi connectivity index (χ1) is 8.79. The smallest absolute Gasteiger partial charge is 0.235 e. The quantitative estimate of drug-likeness (QED) is 0.609. The predicted octanol–water partition coefficient (Wildman–Crippen LogP) is 2.22.